The molecule has 3 unspecified atom stereocenters. The van der Waals surface area contributed by atoms with Crippen molar-refractivity contribution in [2.75, 3.05) is 19.6 Å². The van der Waals surface area contributed by atoms with Gasteiger partial charge in [0.1, 0.15) is 0 Å². The SMILES string of the molecule is CCCNC(CCN1CCCC(C)C1C)C(N)=O. The number of likely N-dealkylation sites (tertiary alicyclic amines) is 1. The van der Waals surface area contributed by atoms with Crippen molar-refractivity contribution in [2.24, 2.45) is 11.7 Å². The second-order valence-corrected chi connectivity index (χ2v) is 5.59. The zero-order valence-electron chi connectivity index (χ0n) is 12.1. The van der Waals surface area contributed by atoms with Gasteiger partial charge in [0.15, 0.2) is 0 Å². The van der Waals surface area contributed by atoms with Gasteiger partial charge in [0.25, 0.3) is 0 Å². The van der Waals surface area contributed by atoms with Crippen molar-refractivity contribution < 1.29 is 4.79 Å². The summed E-state index contributed by atoms with van der Waals surface area (Å²) in [6, 6.07) is 0.452. The van der Waals surface area contributed by atoms with Crippen LogP contribution in [0.2, 0.25) is 0 Å². The lowest BCUT2D eigenvalue weighted by molar-refractivity contribution is -0.120. The summed E-state index contributed by atoms with van der Waals surface area (Å²) in [5.41, 5.74) is 5.44. The number of nitrogens with zero attached hydrogens (tertiary/aromatic N) is 1. The Bertz CT molecular complexity index is 257. The van der Waals surface area contributed by atoms with Crippen LogP contribution >= 0.6 is 0 Å². The van der Waals surface area contributed by atoms with Crippen LogP contribution in [-0.4, -0.2) is 42.5 Å². The van der Waals surface area contributed by atoms with Crippen LogP contribution in [0.5, 0.6) is 0 Å². The molecular formula is C14H29N3O. The topological polar surface area (TPSA) is 58.4 Å². The Labute approximate surface area is 111 Å². The standard InChI is InChI=1S/C14H29N3O/c1-4-8-16-13(14(15)18)7-10-17-9-5-6-11(2)12(17)3/h11-13,16H,4-10H2,1-3H3,(H2,15,18). The van der Waals surface area contributed by atoms with E-state index in [2.05, 4.69) is 31.0 Å². The molecule has 3 atom stereocenters. The average Bonchev–Trinajstić information content (AvgIpc) is 2.33. The summed E-state index contributed by atoms with van der Waals surface area (Å²) in [6.45, 7) is 9.69. The highest BCUT2D eigenvalue weighted by Crippen LogP contribution is 2.22. The first kappa shape index (κ1) is 15.4. The normalized spacial score (nSPS) is 27.1. The van der Waals surface area contributed by atoms with Crippen LogP contribution in [0.15, 0.2) is 0 Å². The Kier molecular flexibility index (Phi) is 6.65. The molecular weight excluding hydrogens is 226 g/mol. The maximum Gasteiger partial charge on any atom is 0.234 e. The molecule has 4 heteroatoms. The average molecular weight is 255 g/mol. The Morgan fingerprint density at radius 2 is 2.22 bits per heavy atom. The highest BCUT2D eigenvalue weighted by Gasteiger charge is 2.25. The predicted molar refractivity (Wildman–Crippen MR) is 75.3 cm³/mol. The number of carbonyl (C=O) groups is 1. The lowest BCUT2D eigenvalue weighted by Crippen LogP contribution is -2.47. The third-order valence-electron chi connectivity index (χ3n) is 4.19. The Morgan fingerprint density at radius 3 is 2.83 bits per heavy atom. The number of primary amides is 1. The summed E-state index contributed by atoms with van der Waals surface area (Å²) >= 11 is 0. The Hall–Kier alpha value is -0.610. The lowest BCUT2D eigenvalue weighted by atomic mass is 9.92. The molecule has 1 rings (SSSR count). The van der Waals surface area contributed by atoms with Crippen molar-refractivity contribution in [1.82, 2.24) is 10.2 Å². The molecule has 0 aliphatic carbocycles. The highest BCUT2D eigenvalue weighted by atomic mass is 16.1. The minimum atomic E-state index is -0.221. The molecule has 18 heavy (non-hydrogen) atoms. The number of nitrogens with one attached hydrogen (secondary N) is 1. The van der Waals surface area contributed by atoms with Crippen molar-refractivity contribution in [3.05, 3.63) is 0 Å². The number of hydrogen-bond donors (Lipinski definition) is 2. The van der Waals surface area contributed by atoms with Gasteiger partial charge in [-0.1, -0.05) is 13.8 Å². The maximum atomic E-state index is 11.4. The fraction of sp³-hybridized carbons (Fsp3) is 0.929. The Balaban J connectivity index is 2.38. The van der Waals surface area contributed by atoms with Gasteiger partial charge in [-0.2, -0.15) is 0 Å². The van der Waals surface area contributed by atoms with Crippen molar-refractivity contribution >= 4 is 5.91 Å². The largest absolute Gasteiger partial charge is 0.368 e. The van der Waals surface area contributed by atoms with E-state index in [1.54, 1.807) is 0 Å². The molecule has 1 aliphatic heterocycles. The van der Waals surface area contributed by atoms with Crippen LogP contribution in [0.25, 0.3) is 0 Å². The number of amides is 1. The summed E-state index contributed by atoms with van der Waals surface area (Å²) in [5, 5.41) is 3.23. The van der Waals surface area contributed by atoms with E-state index >= 15 is 0 Å². The first-order valence-electron chi connectivity index (χ1n) is 7.33. The summed E-state index contributed by atoms with van der Waals surface area (Å²) in [5.74, 6) is 0.538. The smallest absolute Gasteiger partial charge is 0.234 e. The number of hydrogen-bond acceptors (Lipinski definition) is 3. The zero-order chi connectivity index (χ0) is 13.5. The van der Waals surface area contributed by atoms with Crippen molar-refractivity contribution in [2.45, 2.75) is 58.5 Å². The summed E-state index contributed by atoms with van der Waals surface area (Å²) in [4.78, 5) is 13.9. The molecule has 0 saturated carbocycles. The molecule has 1 amide bonds. The van der Waals surface area contributed by atoms with Gasteiger partial charge in [-0.25, -0.2) is 0 Å². The van der Waals surface area contributed by atoms with Gasteiger partial charge in [0.05, 0.1) is 6.04 Å². The first-order valence-corrected chi connectivity index (χ1v) is 7.33. The van der Waals surface area contributed by atoms with E-state index in [-0.39, 0.29) is 11.9 Å². The molecule has 0 spiro atoms. The summed E-state index contributed by atoms with van der Waals surface area (Å²) in [7, 11) is 0. The fourth-order valence-electron chi connectivity index (χ4n) is 2.69. The van der Waals surface area contributed by atoms with Crippen molar-refractivity contribution in [1.29, 1.82) is 0 Å². The van der Waals surface area contributed by atoms with E-state index in [1.165, 1.54) is 12.8 Å². The highest BCUT2D eigenvalue weighted by molar-refractivity contribution is 5.79. The quantitative estimate of drug-likeness (QED) is 0.722. The third-order valence-corrected chi connectivity index (χ3v) is 4.19. The van der Waals surface area contributed by atoms with E-state index in [0.717, 1.165) is 38.4 Å². The molecule has 0 aromatic heterocycles. The molecule has 1 heterocycles. The molecule has 0 bridgehead atoms. The maximum absolute atomic E-state index is 11.4. The molecule has 0 radical (unpaired) electrons. The minimum absolute atomic E-state index is 0.172. The van der Waals surface area contributed by atoms with Crippen LogP contribution in [0.4, 0.5) is 0 Å². The van der Waals surface area contributed by atoms with E-state index in [1.807, 2.05) is 0 Å². The number of piperidine rings is 1. The van der Waals surface area contributed by atoms with Gasteiger partial charge in [-0.15, -0.1) is 0 Å². The first-order chi connectivity index (χ1) is 8.56. The van der Waals surface area contributed by atoms with Crippen molar-refractivity contribution in [3.8, 4) is 0 Å². The van der Waals surface area contributed by atoms with Gasteiger partial charge >= 0.3 is 0 Å². The number of rotatable bonds is 7. The summed E-state index contributed by atoms with van der Waals surface area (Å²) in [6.07, 6.45) is 4.45. The predicted octanol–water partition coefficient (Wildman–Crippen LogP) is 1.35. The molecule has 3 N–H and O–H groups in total. The molecule has 1 fully saturated rings. The van der Waals surface area contributed by atoms with Crippen molar-refractivity contribution in [3.63, 3.8) is 0 Å². The van der Waals surface area contributed by atoms with Gasteiger partial charge in [-0.3, -0.25) is 4.79 Å². The van der Waals surface area contributed by atoms with Gasteiger partial charge in [-0.05, 0) is 51.6 Å². The fourth-order valence-corrected chi connectivity index (χ4v) is 2.69. The number of carbonyl (C=O) groups excluding carboxylic acids is 1. The molecule has 0 aromatic carbocycles. The lowest BCUT2D eigenvalue weighted by Gasteiger charge is -2.38. The Morgan fingerprint density at radius 1 is 1.50 bits per heavy atom. The molecule has 1 aliphatic rings. The number of nitrogens with two attached hydrogens (primary N) is 1. The summed E-state index contributed by atoms with van der Waals surface area (Å²) < 4.78 is 0. The van der Waals surface area contributed by atoms with Crippen LogP contribution in [-0.2, 0) is 4.79 Å². The molecule has 0 aromatic rings. The van der Waals surface area contributed by atoms with E-state index in [0.29, 0.717) is 6.04 Å². The van der Waals surface area contributed by atoms with Crippen LogP contribution in [0.3, 0.4) is 0 Å². The van der Waals surface area contributed by atoms with Crippen LogP contribution in [0, 0.1) is 5.92 Å². The van der Waals surface area contributed by atoms with Crippen LogP contribution in [0.1, 0.15) is 46.5 Å². The zero-order valence-corrected chi connectivity index (χ0v) is 12.1. The third kappa shape index (κ3) is 4.58. The second kappa shape index (κ2) is 7.74. The van der Waals surface area contributed by atoms with Crippen LogP contribution < -0.4 is 11.1 Å². The van der Waals surface area contributed by atoms with Gasteiger partial charge in [0.2, 0.25) is 5.91 Å². The monoisotopic (exact) mass is 255 g/mol. The molecule has 106 valence electrons. The van der Waals surface area contributed by atoms with Gasteiger partial charge in [0, 0.05) is 12.6 Å². The second-order valence-electron chi connectivity index (χ2n) is 5.59. The van der Waals surface area contributed by atoms with Gasteiger partial charge < -0.3 is 16.0 Å². The van der Waals surface area contributed by atoms with E-state index in [4.69, 9.17) is 5.73 Å². The van der Waals surface area contributed by atoms with E-state index in [9.17, 15) is 4.79 Å². The van der Waals surface area contributed by atoms with E-state index < -0.39 is 0 Å². The molecule has 4 nitrogen and oxygen atoms in total. The minimum Gasteiger partial charge on any atom is -0.368 e. The molecule has 1 saturated heterocycles.